The van der Waals surface area contributed by atoms with Crippen LogP contribution in [0, 0.1) is 0 Å². The standard InChI is InChI=1S/C16H12Cl2N2O2/c1-20(16-19-13-4-2-3-5-14(13)22-16)15(21)9-10-6-7-11(17)12(18)8-10/h2-8H,9H2,1H3. The van der Waals surface area contributed by atoms with E-state index in [1.54, 1.807) is 25.2 Å². The molecule has 0 aliphatic rings. The van der Waals surface area contributed by atoms with Crippen LogP contribution >= 0.6 is 23.2 Å². The molecule has 1 heterocycles. The lowest BCUT2D eigenvalue weighted by Crippen LogP contribution is -2.28. The van der Waals surface area contributed by atoms with E-state index in [2.05, 4.69) is 4.98 Å². The van der Waals surface area contributed by atoms with Gasteiger partial charge in [0.2, 0.25) is 5.91 Å². The van der Waals surface area contributed by atoms with E-state index in [1.807, 2.05) is 24.3 Å². The predicted octanol–water partition coefficient (Wildman–Crippen LogP) is 4.34. The zero-order valence-corrected chi connectivity index (χ0v) is 13.2. The molecule has 0 fully saturated rings. The number of halogens is 2. The summed E-state index contributed by atoms with van der Waals surface area (Å²) in [4.78, 5) is 18.0. The topological polar surface area (TPSA) is 46.3 Å². The second-order valence-corrected chi connectivity index (χ2v) is 5.66. The van der Waals surface area contributed by atoms with Crippen molar-refractivity contribution in [1.29, 1.82) is 0 Å². The van der Waals surface area contributed by atoms with Crippen molar-refractivity contribution in [3.8, 4) is 0 Å². The highest BCUT2D eigenvalue weighted by molar-refractivity contribution is 6.42. The summed E-state index contributed by atoms with van der Waals surface area (Å²) in [6.07, 6.45) is 0.187. The fraction of sp³-hybridized carbons (Fsp3) is 0.125. The number of carbonyl (C=O) groups excluding carboxylic acids is 1. The number of oxazole rings is 1. The SMILES string of the molecule is CN(C(=O)Cc1ccc(Cl)c(Cl)c1)c1nc2ccccc2o1. The largest absolute Gasteiger partial charge is 0.423 e. The van der Waals surface area contributed by atoms with Crippen LogP contribution in [0.15, 0.2) is 46.9 Å². The Morgan fingerprint density at radius 3 is 2.68 bits per heavy atom. The number of carbonyl (C=O) groups is 1. The molecule has 22 heavy (non-hydrogen) atoms. The summed E-state index contributed by atoms with van der Waals surface area (Å²) in [7, 11) is 1.63. The van der Waals surface area contributed by atoms with Crippen molar-refractivity contribution in [3.63, 3.8) is 0 Å². The summed E-state index contributed by atoms with van der Waals surface area (Å²) >= 11 is 11.8. The van der Waals surface area contributed by atoms with Crippen molar-refractivity contribution in [2.24, 2.45) is 0 Å². The molecule has 0 aliphatic carbocycles. The Hall–Kier alpha value is -2.04. The van der Waals surface area contributed by atoms with Gasteiger partial charge in [-0.15, -0.1) is 0 Å². The third-order valence-corrected chi connectivity index (χ3v) is 4.02. The highest BCUT2D eigenvalue weighted by atomic mass is 35.5. The Morgan fingerprint density at radius 2 is 1.95 bits per heavy atom. The van der Waals surface area contributed by atoms with Gasteiger partial charge in [0.15, 0.2) is 5.58 Å². The molecule has 2 aromatic carbocycles. The number of nitrogens with zero attached hydrogens (tertiary/aromatic N) is 2. The number of benzene rings is 2. The molecular weight excluding hydrogens is 323 g/mol. The molecule has 4 nitrogen and oxygen atoms in total. The summed E-state index contributed by atoms with van der Waals surface area (Å²) in [6.45, 7) is 0. The summed E-state index contributed by atoms with van der Waals surface area (Å²) in [5.41, 5.74) is 2.14. The van der Waals surface area contributed by atoms with Gasteiger partial charge in [0.25, 0.3) is 0 Å². The van der Waals surface area contributed by atoms with E-state index in [4.69, 9.17) is 27.6 Å². The number of amides is 1. The number of para-hydroxylation sites is 2. The van der Waals surface area contributed by atoms with E-state index < -0.39 is 0 Å². The number of anilines is 1. The van der Waals surface area contributed by atoms with E-state index in [0.717, 1.165) is 5.56 Å². The van der Waals surface area contributed by atoms with Gasteiger partial charge in [-0.25, -0.2) is 0 Å². The first kappa shape index (κ1) is 14.9. The van der Waals surface area contributed by atoms with Crippen molar-refractivity contribution in [2.75, 3.05) is 11.9 Å². The molecule has 0 unspecified atom stereocenters. The molecule has 112 valence electrons. The second kappa shape index (κ2) is 5.99. The third-order valence-electron chi connectivity index (χ3n) is 3.28. The minimum absolute atomic E-state index is 0.148. The number of aromatic nitrogens is 1. The average Bonchev–Trinajstić information content (AvgIpc) is 2.94. The van der Waals surface area contributed by atoms with Gasteiger partial charge in [0.05, 0.1) is 16.5 Å². The fourth-order valence-corrected chi connectivity index (χ4v) is 2.37. The van der Waals surface area contributed by atoms with Gasteiger partial charge < -0.3 is 4.42 Å². The zero-order chi connectivity index (χ0) is 15.7. The summed E-state index contributed by atoms with van der Waals surface area (Å²) in [5, 5.41) is 0.890. The Kier molecular flexibility index (Phi) is 4.05. The highest BCUT2D eigenvalue weighted by Crippen LogP contribution is 2.24. The van der Waals surface area contributed by atoms with E-state index in [1.165, 1.54) is 4.90 Å². The average molecular weight is 335 g/mol. The summed E-state index contributed by atoms with van der Waals surface area (Å²) < 4.78 is 5.58. The minimum Gasteiger partial charge on any atom is -0.423 e. The minimum atomic E-state index is -0.148. The number of hydrogen-bond donors (Lipinski definition) is 0. The molecule has 0 N–H and O–H groups in total. The van der Waals surface area contributed by atoms with Gasteiger partial charge in [-0.3, -0.25) is 9.69 Å². The van der Waals surface area contributed by atoms with Gasteiger partial charge in [-0.05, 0) is 29.8 Å². The maximum Gasteiger partial charge on any atom is 0.304 e. The van der Waals surface area contributed by atoms with E-state index in [9.17, 15) is 4.79 Å². The van der Waals surface area contributed by atoms with Gasteiger partial charge in [-0.1, -0.05) is 41.4 Å². The molecular formula is C16H12Cl2N2O2. The van der Waals surface area contributed by atoms with Gasteiger partial charge in [0.1, 0.15) is 5.52 Å². The van der Waals surface area contributed by atoms with Crippen molar-refractivity contribution in [3.05, 3.63) is 58.1 Å². The monoisotopic (exact) mass is 334 g/mol. The van der Waals surface area contributed by atoms with Crippen LogP contribution in [0.4, 0.5) is 6.01 Å². The lowest BCUT2D eigenvalue weighted by molar-refractivity contribution is -0.117. The first-order valence-electron chi connectivity index (χ1n) is 6.60. The van der Waals surface area contributed by atoms with Crippen LogP contribution in [-0.2, 0) is 11.2 Å². The molecule has 1 amide bonds. The van der Waals surface area contributed by atoms with Gasteiger partial charge in [-0.2, -0.15) is 4.98 Å². The maximum atomic E-state index is 12.3. The van der Waals surface area contributed by atoms with E-state index >= 15 is 0 Å². The molecule has 0 saturated carbocycles. The van der Waals surface area contributed by atoms with Crippen LogP contribution in [0.5, 0.6) is 0 Å². The van der Waals surface area contributed by atoms with Crippen LogP contribution < -0.4 is 4.90 Å². The van der Waals surface area contributed by atoms with Crippen LogP contribution in [0.25, 0.3) is 11.1 Å². The van der Waals surface area contributed by atoms with Crippen molar-refractivity contribution < 1.29 is 9.21 Å². The molecule has 6 heteroatoms. The molecule has 0 spiro atoms. The predicted molar refractivity (Wildman–Crippen MR) is 87.6 cm³/mol. The lowest BCUT2D eigenvalue weighted by atomic mass is 10.1. The van der Waals surface area contributed by atoms with E-state index in [0.29, 0.717) is 21.1 Å². The smallest absolute Gasteiger partial charge is 0.304 e. The molecule has 0 radical (unpaired) electrons. The number of fused-ring (bicyclic) bond motifs is 1. The van der Waals surface area contributed by atoms with Crippen LogP contribution in [-0.4, -0.2) is 17.9 Å². The first-order chi connectivity index (χ1) is 10.5. The van der Waals surface area contributed by atoms with Crippen molar-refractivity contribution in [1.82, 2.24) is 4.98 Å². The normalized spacial score (nSPS) is 10.9. The first-order valence-corrected chi connectivity index (χ1v) is 7.36. The zero-order valence-electron chi connectivity index (χ0n) is 11.7. The third kappa shape index (κ3) is 2.93. The lowest BCUT2D eigenvalue weighted by Gasteiger charge is -2.12. The summed E-state index contributed by atoms with van der Waals surface area (Å²) in [5.74, 6) is -0.148. The molecule has 3 rings (SSSR count). The van der Waals surface area contributed by atoms with Gasteiger partial charge in [0, 0.05) is 7.05 Å². The Labute approximate surface area is 137 Å². The van der Waals surface area contributed by atoms with Crippen LogP contribution in [0.3, 0.4) is 0 Å². The Bertz CT molecular complexity index is 812. The second-order valence-electron chi connectivity index (χ2n) is 4.84. The number of rotatable bonds is 3. The maximum absolute atomic E-state index is 12.3. The molecule has 0 aliphatic heterocycles. The summed E-state index contributed by atoms with van der Waals surface area (Å²) in [6, 6.07) is 12.8. The number of hydrogen-bond acceptors (Lipinski definition) is 3. The molecule has 0 saturated heterocycles. The quantitative estimate of drug-likeness (QED) is 0.715. The van der Waals surface area contributed by atoms with Crippen molar-refractivity contribution >= 4 is 46.2 Å². The molecule has 3 aromatic rings. The van der Waals surface area contributed by atoms with Crippen LogP contribution in [0.1, 0.15) is 5.56 Å². The van der Waals surface area contributed by atoms with Crippen LogP contribution in [0.2, 0.25) is 10.0 Å². The Morgan fingerprint density at radius 1 is 1.18 bits per heavy atom. The number of likely N-dealkylation sites (N-methyl/N-ethyl adjacent to an activating group) is 1. The van der Waals surface area contributed by atoms with Crippen molar-refractivity contribution in [2.45, 2.75) is 6.42 Å². The fourth-order valence-electron chi connectivity index (χ4n) is 2.05. The molecule has 1 aromatic heterocycles. The highest BCUT2D eigenvalue weighted by Gasteiger charge is 2.17. The van der Waals surface area contributed by atoms with Gasteiger partial charge >= 0.3 is 6.01 Å². The molecule has 0 bridgehead atoms. The van der Waals surface area contributed by atoms with E-state index in [-0.39, 0.29) is 18.3 Å². The molecule has 0 atom stereocenters. The Balaban J connectivity index is 1.80.